The second-order valence-electron chi connectivity index (χ2n) is 7.64. The monoisotopic (exact) mass is 383 g/mol. The van der Waals surface area contributed by atoms with Crippen LogP contribution in [-0.4, -0.2) is 50.1 Å². The summed E-state index contributed by atoms with van der Waals surface area (Å²) in [6.45, 7) is 8.63. The molecule has 1 aromatic carbocycles. The summed E-state index contributed by atoms with van der Waals surface area (Å²) >= 11 is 0. The summed E-state index contributed by atoms with van der Waals surface area (Å²) in [7, 11) is 1.65. The standard InChI is InChI=1S/C24H37N3O/c1-4-21-10-12-23(13-11-21)22-8-7-18-27(19-15-22)17-6-5-16-26-20(2)9-14-24(28)25-3/h7-14,20,22,26H,4-6,15-19H2,1-3H3,(H,25,28)/b14-9-. The summed E-state index contributed by atoms with van der Waals surface area (Å²) in [6, 6.07) is 9.36. The highest BCUT2D eigenvalue weighted by Gasteiger charge is 2.14. The number of allylic oxidation sites excluding steroid dienone is 1. The SMILES string of the molecule is CCc1ccc(C2C=CCN(CCCCNC(C)/C=C\C(=O)NC)CC2)cc1. The number of aryl methyl sites for hydroxylation is 1. The van der Waals surface area contributed by atoms with E-state index in [9.17, 15) is 4.79 Å². The molecule has 4 heteroatoms. The molecule has 0 saturated heterocycles. The van der Waals surface area contributed by atoms with Crippen molar-refractivity contribution >= 4 is 5.91 Å². The Morgan fingerprint density at radius 1 is 1.29 bits per heavy atom. The predicted octanol–water partition coefficient (Wildman–Crippen LogP) is 3.66. The van der Waals surface area contributed by atoms with E-state index in [0.29, 0.717) is 5.92 Å². The highest BCUT2D eigenvalue weighted by molar-refractivity contribution is 5.87. The molecule has 1 aliphatic rings. The van der Waals surface area contributed by atoms with Crippen LogP contribution >= 0.6 is 0 Å². The quantitative estimate of drug-likeness (QED) is 0.368. The van der Waals surface area contributed by atoms with Crippen molar-refractivity contribution < 1.29 is 4.79 Å². The lowest BCUT2D eigenvalue weighted by atomic mass is 9.94. The maximum atomic E-state index is 11.2. The lowest BCUT2D eigenvalue weighted by Crippen LogP contribution is -2.28. The first kappa shape index (κ1) is 22.4. The van der Waals surface area contributed by atoms with E-state index in [1.807, 2.05) is 6.08 Å². The summed E-state index contributed by atoms with van der Waals surface area (Å²) in [6.07, 6.45) is 12.9. The zero-order valence-electron chi connectivity index (χ0n) is 17.8. The van der Waals surface area contributed by atoms with Crippen LogP contribution in [0.4, 0.5) is 0 Å². The lowest BCUT2D eigenvalue weighted by molar-refractivity contribution is -0.116. The van der Waals surface area contributed by atoms with Gasteiger partial charge in [-0.05, 0) is 63.4 Å². The molecule has 2 unspecified atom stereocenters. The molecule has 0 bridgehead atoms. The molecule has 0 aliphatic carbocycles. The van der Waals surface area contributed by atoms with Crippen molar-refractivity contribution in [3.8, 4) is 0 Å². The van der Waals surface area contributed by atoms with Crippen LogP contribution in [0.1, 0.15) is 50.2 Å². The topological polar surface area (TPSA) is 44.4 Å². The average Bonchev–Trinajstić information content (AvgIpc) is 2.97. The molecular weight excluding hydrogens is 346 g/mol. The summed E-state index contributed by atoms with van der Waals surface area (Å²) in [5.74, 6) is 0.494. The number of hydrogen-bond donors (Lipinski definition) is 2. The van der Waals surface area contributed by atoms with Crippen molar-refractivity contribution in [2.24, 2.45) is 0 Å². The van der Waals surface area contributed by atoms with E-state index < -0.39 is 0 Å². The third-order valence-corrected chi connectivity index (χ3v) is 5.45. The highest BCUT2D eigenvalue weighted by Crippen LogP contribution is 2.24. The summed E-state index contributed by atoms with van der Waals surface area (Å²) < 4.78 is 0. The van der Waals surface area contributed by atoms with Crippen molar-refractivity contribution in [2.45, 2.75) is 51.5 Å². The van der Waals surface area contributed by atoms with Gasteiger partial charge in [-0.25, -0.2) is 0 Å². The first-order chi connectivity index (χ1) is 13.6. The van der Waals surface area contributed by atoms with Crippen LogP contribution in [-0.2, 0) is 11.2 Å². The van der Waals surface area contributed by atoms with E-state index in [-0.39, 0.29) is 11.9 Å². The number of unbranched alkanes of at least 4 members (excludes halogenated alkanes) is 1. The Hall–Kier alpha value is -1.91. The minimum absolute atomic E-state index is 0.0533. The third-order valence-electron chi connectivity index (χ3n) is 5.45. The summed E-state index contributed by atoms with van der Waals surface area (Å²) in [5, 5.41) is 6.04. The number of benzene rings is 1. The molecule has 154 valence electrons. The Kier molecular flexibility index (Phi) is 10.0. The van der Waals surface area contributed by atoms with Crippen LogP contribution in [0.15, 0.2) is 48.6 Å². The van der Waals surface area contributed by atoms with Crippen molar-refractivity contribution in [1.29, 1.82) is 0 Å². The van der Waals surface area contributed by atoms with Gasteiger partial charge < -0.3 is 10.6 Å². The Labute approximate surface area is 171 Å². The fourth-order valence-corrected chi connectivity index (χ4v) is 3.54. The van der Waals surface area contributed by atoms with Crippen LogP contribution < -0.4 is 10.6 Å². The number of amides is 1. The van der Waals surface area contributed by atoms with Crippen LogP contribution in [0, 0.1) is 0 Å². The van der Waals surface area contributed by atoms with Gasteiger partial charge in [0.15, 0.2) is 0 Å². The molecule has 0 spiro atoms. The van der Waals surface area contributed by atoms with Gasteiger partial charge in [0, 0.05) is 31.6 Å². The van der Waals surface area contributed by atoms with Crippen LogP contribution in [0.5, 0.6) is 0 Å². The third kappa shape index (κ3) is 7.99. The van der Waals surface area contributed by atoms with Gasteiger partial charge in [-0.3, -0.25) is 9.69 Å². The van der Waals surface area contributed by atoms with E-state index in [2.05, 4.69) is 65.8 Å². The fourth-order valence-electron chi connectivity index (χ4n) is 3.54. The van der Waals surface area contributed by atoms with Gasteiger partial charge in [-0.2, -0.15) is 0 Å². The molecule has 28 heavy (non-hydrogen) atoms. The Balaban J connectivity index is 1.64. The van der Waals surface area contributed by atoms with E-state index in [1.165, 1.54) is 24.0 Å². The van der Waals surface area contributed by atoms with Gasteiger partial charge in [0.2, 0.25) is 5.91 Å². The van der Waals surface area contributed by atoms with Crippen LogP contribution in [0.3, 0.4) is 0 Å². The molecule has 0 aromatic heterocycles. The number of rotatable bonds is 10. The van der Waals surface area contributed by atoms with Crippen molar-refractivity contribution in [2.75, 3.05) is 33.2 Å². The van der Waals surface area contributed by atoms with Gasteiger partial charge in [-0.1, -0.05) is 49.4 Å². The Morgan fingerprint density at radius 2 is 2.07 bits per heavy atom. The lowest BCUT2D eigenvalue weighted by Gasteiger charge is -2.20. The average molecular weight is 384 g/mol. The molecule has 1 aromatic rings. The predicted molar refractivity (Wildman–Crippen MR) is 119 cm³/mol. The molecule has 0 fully saturated rings. The molecule has 1 amide bonds. The highest BCUT2D eigenvalue weighted by atomic mass is 16.1. The van der Waals surface area contributed by atoms with Crippen LogP contribution in [0.2, 0.25) is 0 Å². The van der Waals surface area contributed by atoms with Crippen molar-refractivity contribution in [1.82, 2.24) is 15.5 Å². The molecule has 2 rings (SSSR count). The Bertz CT molecular complexity index is 636. The molecular formula is C24H37N3O. The molecule has 0 saturated carbocycles. The van der Waals surface area contributed by atoms with Crippen LogP contribution in [0.25, 0.3) is 0 Å². The molecule has 4 nitrogen and oxygen atoms in total. The maximum absolute atomic E-state index is 11.2. The first-order valence-corrected chi connectivity index (χ1v) is 10.7. The molecule has 1 aliphatic heterocycles. The van der Waals surface area contributed by atoms with E-state index in [1.54, 1.807) is 13.1 Å². The second kappa shape index (κ2) is 12.5. The normalized spacial score (nSPS) is 18.9. The van der Waals surface area contributed by atoms with Gasteiger partial charge in [0.25, 0.3) is 0 Å². The second-order valence-corrected chi connectivity index (χ2v) is 7.64. The molecule has 0 radical (unpaired) electrons. The van der Waals surface area contributed by atoms with E-state index in [4.69, 9.17) is 0 Å². The Morgan fingerprint density at radius 3 is 2.79 bits per heavy atom. The number of carbonyl (C=O) groups excluding carboxylic acids is 1. The van der Waals surface area contributed by atoms with Gasteiger partial charge in [-0.15, -0.1) is 0 Å². The van der Waals surface area contributed by atoms with Gasteiger partial charge in [0.05, 0.1) is 0 Å². The number of carbonyl (C=O) groups is 1. The zero-order valence-corrected chi connectivity index (χ0v) is 17.8. The summed E-state index contributed by atoms with van der Waals surface area (Å²) in [5.41, 5.74) is 2.85. The minimum Gasteiger partial charge on any atom is -0.356 e. The summed E-state index contributed by atoms with van der Waals surface area (Å²) in [4.78, 5) is 13.8. The molecule has 2 atom stereocenters. The minimum atomic E-state index is -0.0533. The van der Waals surface area contributed by atoms with E-state index in [0.717, 1.165) is 39.0 Å². The number of hydrogen-bond acceptors (Lipinski definition) is 3. The number of nitrogens with zero attached hydrogens (tertiary/aromatic N) is 1. The van der Waals surface area contributed by atoms with E-state index >= 15 is 0 Å². The van der Waals surface area contributed by atoms with Crippen molar-refractivity contribution in [3.05, 3.63) is 59.7 Å². The largest absolute Gasteiger partial charge is 0.356 e. The molecule has 2 N–H and O–H groups in total. The molecule has 1 heterocycles. The zero-order chi connectivity index (χ0) is 20.2. The first-order valence-electron chi connectivity index (χ1n) is 10.7. The van der Waals surface area contributed by atoms with Gasteiger partial charge >= 0.3 is 0 Å². The maximum Gasteiger partial charge on any atom is 0.243 e. The number of likely N-dealkylation sites (N-methyl/N-ethyl adjacent to an activating group) is 1. The smallest absolute Gasteiger partial charge is 0.243 e. The van der Waals surface area contributed by atoms with Crippen molar-refractivity contribution in [3.63, 3.8) is 0 Å². The van der Waals surface area contributed by atoms with Gasteiger partial charge in [0.1, 0.15) is 0 Å². The fraction of sp³-hybridized carbons (Fsp3) is 0.542. The number of nitrogens with one attached hydrogen (secondary N) is 2.